The van der Waals surface area contributed by atoms with Gasteiger partial charge in [0.2, 0.25) is 0 Å². The number of nitrogens with one attached hydrogen (secondary N) is 1. The largest absolute Gasteiger partial charge is 0.497 e. The van der Waals surface area contributed by atoms with Crippen LogP contribution in [0.15, 0.2) is 53.3 Å². The first-order chi connectivity index (χ1) is 11.7. The Morgan fingerprint density at radius 2 is 2.12 bits per heavy atom. The van der Waals surface area contributed by atoms with Crippen molar-refractivity contribution in [3.05, 3.63) is 64.5 Å². The van der Waals surface area contributed by atoms with Crippen molar-refractivity contribution in [3.63, 3.8) is 0 Å². The number of hydrogen-bond acceptors (Lipinski definition) is 5. The van der Waals surface area contributed by atoms with E-state index in [1.165, 1.54) is 17.5 Å². The Labute approximate surface area is 147 Å². The number of nitrogens with zero attached hydrogens (tertiary/aromatic N) is 1. The van der Waals surface area contributed by atoms with Gasteiger partial charge in [0.1, 0.15) is 15.8 Å². The molecular formula is C17H13ClN2O3S. The number of furan rings is 1. The summed E-state index contributed by atoms with van der Waals surface area (Å²) >= 11 is 7.04. The molecule has 24 heavy (non-hydrogen) atoms. The topological polar surface area (TPSA) is 64.4 Å². The highest BCUT2D eigenvalue weighted by molar-refractivity contribution is 7.19. The molecule has 0 fully saturated rings. The summed E-state index contributed by atoms with van der Waals surface area (Å²) in [5, 5.41) is 3.18. The second-order valence-corrected chi connectivity index (χ2v) is 6.39. The number of carbonyl (C=O) groups is 1. The summed E-state index contributed by atoms with van der Waals surface area (Å²) < 4.78 is 11.0. The molecule has 1 aromatic carbocycles. The van der Waals surface area contributed by atoms with Crippen LogP contribution in [-0.4, -0.2) is 18.0 Å². The lowest BCUT2D eigenvalue weighted by atomic mass is 10.0. The van der Waals surface area contributed by atoms with Crippen LogP contribution in [0.5, 0.6) is 5.75 Å². The third-order valence-corrected chi connectivity index (χ3v) is 4.20. The number of hydrogen-bond donors (Lipinski definition) is 1. The van der Waals surface area contributed by atoms with Gasteiger partial charge in [-0.05, 0) is 35.9 Å². The van der Waals surface area contributed by atoms with Gasteiger partial charge in [-0.2, -0.15) is 0 Å². The number of carbonyl (C=O) groups excluding carboxylic acids is 1. The zero-order valence-corrected chi connectivity index (χ0v) is 14.2. The first kappa shape index (κ1) is 16.3. The minimum atomic E-state index is -0.303. The standard InChI is InChI=1S/C17H13ClN2O3S/c1-22-12-6-4-11(5-7-12)14(9-13-3-2-8-23-13)16(21)20-17-19-10-15(18)24-17/h2-10H,1H3,(H,19,20,21)/b14-9-. The molecule has 0 spiro atoms. The molecule has 0 saturated carbocycles. The van der Waals surface area contributed by atoms with Crippen molar-refractivity contribution < 1.29 is 13.9 Å². The number of thiazole rings is 1. The smallest absolute Gasteiger partial charge is 0.258 e. The lowest BCUT2D eigenvalue weighted by molar-refractivity contribution is -0.111. The highest BCUT2D eigenvalue weighted by atomic mass is 35.5. The highest BCUT2D eigenvalue weighted by Crippen LogP contribution is 2.26. The van der Waals surface area contributed by atoms with Gasteiger partial charge in [0.05, 0.1) is 25.1 Å². The molecule has 0 atom stereocenters. The summed E-state index contributed by atoms with van der Waals surface area (Å²) in [5.74, 6) is 0.985. The van der Waals surface area contributed by atoms with Crippen molar-refractivity contribution in [2.45, 2.75) is 0 Å². The average Bonchev–Trinajstić information content (AvgIpc) is 3.24. The Balaban J connectivity index is 1.93. The van der Waals surface area contributed by atoms with Crippen LogP contribution in [-0.2, 0) is 4.79 Å². The van der Waals surface area contributed by atoms with E-state index in [0.29, 0.717) is 26.6 Å². The summed E-state index contributed by atoms with van der Waals surface area (Å²) in [7, 11) is 1.59. The fourth-order valence-corrected chi connectivity index (χ4v) is 2.85. The van der Waals surface area contributed by atoms with Gasteiger partial charge in [-0.3, -0.25) is 10.1 Å². The highest BCUT2D eigenvalue weighted by Gasteiger charge is 2.15. The van der Waals surface area contributed by atoms with Gasteiger partial charge in [-0.25, -0.2) is 4.98 Å². The Morgan fingerprint density at radius 3 is 2.71 bits per heavy atom. The molecule has 0 aliphatic carbocycles. The van der Waals surface area contributed by atoms with E-state index in [1.807, 2.05) is 12.1 Å². The molecule has 0 saturated heterocycles. The monoisotopic (exact) mass is 360 g/mol. The minimum Gasteiger partial charge on any atom is -0.497 e. The maximum absolute atomic E-state index is 12.7. The van der Waals surface area contributed by atoms with Crippen LogP contribution in [0.1, 0.15) is 11.3 Å². The summed E-state index contributed by atoms with van der Waals surface area (Å²) in [6.07, 6.45) is 4.72. The number of amides is 1. The maximum Gasteiger partial charge on any atom is 0.258 e. The van der Waals surface area contributed by atoms with Gasteiger partial charge in [-0.1, -0.05) is 35.1 Å². The van der Waals surface area contributed by atoms with Gasteiger partial charge >= 0.3 is 0 Å². The quantitative estimate of drug-likeness (QED) is 0.676. The summed E-state index contributed by atoms with van der Waals surface area (Å²) in [6.45, 7) is 0. The van der Waals surface area contributed by atoms with E-state index in [-0.39, 0.29) is 5.91 Å². The number of rotatable bonds is 5. The zero-order chi connectivity index (χ0) is 16.9. The molecule has 3 rings (SSSR count). The van der Waals surface area contributed by atoms with Crippen molar-refractivity contribution in [3.8, 4) is 5.75 Å². The normalized spacial score (nSPS) is 11.3. The van der Waals surface area contributed by atoms with Crippen LogP contribution in [0.4, 0.5) is 5.13 Å². The van der Waals surface area contributed by atoms with Crippen LogP contribution in [0, 0.1) is 0 Å². The molecule has 7 heteroatoms. The van der Waals surface area contributed by atoms with Gasteiger partial charge < -0.3 is 9.15 Å². The second-order valence-electron chi connectivity index (χ2n) is 4.73. The molecule has 0 aliphatic rings. The maximum atomic E-state index is 12.7. The van der Waals surface area contributed by atoms with Crippen molar-refractivity contribution in [2.75, 3.05) is 12.4 Å². The van der Waals surface area contributed by atoms with Crippen LogP contribution in [0.3, 0.4) is 0 Å². The molecule has 122 valence electrons. The predicted molar refractivity (Wildman–Crippen MR) is 95.3 cm³/mol. The Hall–Kier alpha value is -2.57. The third kappa shape index (κ3) is 3.84. The molecule has 1 amide bonds. The SMILES string of the molecule is COc1ccc(/C(=C/c2ccco2)C(=O)Nc2ncc(Cl)s2)cc1. The molecule has 3 aromatic rings. The number of ether oxygens (including phenoxy) is 1. The lowest BCUT2D eigenvalue weighted by Gasteiger charge is -2.08. The molecule has 0 radical (unpaired) electrons. The van der Waals surface area contributed by atoms with E-state index in [9.17, 15) is 4.79 Å². The van der Waals surface area contributed by atoms with Crippen molar-refractivity contribution in [1.82, 2.24) is 4.98 Å². The van der Waals surface area contributed by atoms with E-state index >= 15 is 0 Å². The van der Waals surface area contributed by atoms with E-state index < -0.39 is 0 Å². The fraction of sp³-hybridized carbons (Fsp3) is 0.0588. The van der Waals surface area contributed by atoms with E-state index in [2.05, 4.69) is 10.3 Å². The first-order valence-electron chi connectivity index (χ1n) is 6.98. The summed E-state index contributed by atoms with van der Waals surface area (Å²) in [6, 6.07) is 10.7. The Morgan fingerprint density at radius 1 is 1.33 bits per heavy atom. The number of aromatic nitrogens is 1. The molecule has 0 aliphatic heterocycles. The average molecular weight is 361 g/mol. The molecule has 1 N–H and O–H groups in total. The summed E-state index contributed by atoms with van der Waals surface area (Å²) in [4.78, 5) is 16.7. The van der Waals surface area contributed by atoms with Crippen LogP contribution in [0.2, 0.25) is 4.34 Å². The third-order valence-electron chi connectivity index (χ3n) is 3.17. The van der Waals surface area contributed by atoms with Gasteiger partial charge in [0, 0.05) is 0 Å². The van der Waals surface area contributed by atoms with Gasteiger partial charge in [-0.15, -0.1) is 0 Å². The molecular weight excluding hydrogens is 348 g/mol. The Bertz CT molecular complexity index is 854. The van der Waals surface area contributed by atoms with Crippen LogP contribution in [0.25, 0.3) is 11.6 Å². The van der Waals surface area contributed by atoms with Crippen LogP contribution < -0.4 is 10.1 Å². The summed E-state index contributed by atoms with van der Waals surface area (Å²) in [5.41, 5.74) is 1.17. The number of methoxy groups -OCH3 is 1. The molecule has 0 unspecified atom stereocenters. The first-order valence-corrected chi connectivity index (χ1v) is 8.17. The van der Waals surface area contributed by atoms with Crippen molar-refractivity contribution in [1.29, 1.82) is 0 Å². The second kappa shape index (κ2) is 7.33. The minimum absolute atomic E-state index is 0.303. The molecule has 5 nitrogen and oxygen atoms in total. The lowest BCUT2D eigenvalue weighted by Crippen LogP contribution is -2.13. The number of benzene rings is 1. The predicted octanol–water partition coefficient (Wildman–Crippen LogP) is 4.58. The van der Waals surface area contributed by atoms with E-state index in [1.54, 1.807) is 43.7 Å². The van der Waals surface area contributed by atoms with Crippen molar-refractivity contribution >= 4 is 45.6 Å². The van der Waals surface area contributed by atoms with E-state index in [4.69, 9.17) is 20.8 Å². The number of halogens is 1. The number of anilines is 1. The molecule has 2 aromatic heterocycles. The molecule has 2 heterocycles. The Kier molecular flexibility index (Phi) is 4.98. The van der Waals surface area contributed by atoms with E-state index in [0.717, 1.165) is 5.56 Å². The van der Waals surface area contributed by atoms with Gasteiger partial charge in [0.25, 0.3) is 5.91 Å². The van der Waals surface area contributed by atoms with Gasteiger partial charge in [0.15, 0.2) is 5.13 Å². The van der Waals surface area contributed by atoms with Crippen molar-refractivity contribution in [2.24, 2.45) is 0 Å². The van der Waals surface area contributed by atoms with Crippen LogP contribution >= 0.6 is 22.9 Å². The zero-order valence-electron chi connectivity index (χ0n) is 12.7. The molecule has 0 bridgehead atoms. The fourth-order valence-electron chi connectivity index (χ4n) is 2.04.